The molecule has 1 N–H and O–H groups in total. The summed E-state index contributed by atoms with van der Waals surface area (Å²) in [5, 5.41) is 17.6. The summed E-state index contributed by atoms with van der Waals surface area (Å²) in [6.07, 6.45) is 3.84. The van der Waals surface area contributed by atoms with Crippen LogP contribution in [0.4, 0.5) is 0 Å². The molecule has 0 fully saturated rings. The van der Waals surface area contributed by atoms with Gasteiger partial charge in [-0.15, -0.1) is 0 Å². The second-order valence-electron chi connectivity index (χ2n) is 4.77. The fourth-order valence-electron chi connectivity index (χ4n) is 1.80. The highest BCUT2D eigenvalue weighted by Crippen LogP contribution is 2.07. The van der Waals surface area contributed by atoms with Gasteiger partial charge in [0, 0.05) is 25.3 Å². The minimum absolute atomic E-state index is 0.0715. The fourth-order valence-corrected chi connectivity index (χ4v) is 1.80. The molecule has 0 heterocycles. The van der Waals surface area contributed by atoms with E-state index in [0.29, 0.717) is 18.5 Å². The van der Waals surface area contributed by atoms with Gasteiger partial charge in [-0.3, -0.25) is 4.79 Å². The van der Waals surface area contributed by atoms with Gasteiger partial charge in [0.2, 0.25) is 5.91 Å². The Morgan fingerprint density at radius 3 is 2.55 bits per heavy atom. The van der Waals surface area contributed by atoms with Crippen molar-refractivity contribution in [2.24, 2.45) is 0 Å². The molecule has 0 spiro atoms. The maximum Gasteiger partial charge on any atom is 0.246 e. The van der Waals surface area contributed by atoms with Crippen molar-refractivity contribution in [3.8, 4) is 6.07 Å². The third-order valence-electron chi connectivity index (χ3n) is 2.92. The molecule has 0 aromatic heterocycles. The zero-order valence-electron chi connectivity index (χ0n) is 11.9. The molecule has 0 aliphatic carbocycles. The largest absolute Gasteiger partial charge is 0.396 e. The molecule has 1 rings (SSSR count). The molecule has 0 aliphatic rings. The Balaban J connectivity index is 2.70. The Morgan fingerprint density at radius 2 is 2.05 bits per heavy atom. The summed E-state index contributed by atoms with van der Waals surface area (Å²) in [6.45, 7) is 4.52. The number of hydrogen-bond acceptors (Lipinski definition) is 3. The van der Waals surface area contributed by atoms with E-state index in [1.54, 1.807) is 35.2 Å². The van der Waals surface area contributed by atoms with Gasteiger partial charge < -0.3 is 10.0 Å². The Kier molecular flexibility index (Phi) is 6.48. The highest BCUT2D eigenvalue weighted by atomic mass is 16.3. The molecule has 0 bridgehead atoms. The first-order chi connectivity index (χ1) is 9.58. The average Bonchev–Trinajstić information content (AvgIpc) is 2.45. The first-order valence-corrected chi connectivity index (χ1v) is 6.68. The number of carbonyl (C=O) groups is 1. The van der Waals surface area contributed by atoms with Gasteiger partial charge in [-0.1, -0.05) is 12.1 Å². The number of nitriles is 1. The predicted octanol–water partition coefficient (Wildman–Crippen LogP) is 2.19. The van der Waals surface area contributed by atoms with Crippen LogP contribution in [0.2, 0.25) is 0 Å². The lowest BCUT2D eigenvalue weighted by Gasteiger charge is -2.25. The van der Waals surface area contributed by atoms with Gasteiger partial charge in [-0.05, 0) is 44.0 Å². The monoisotopic (exact) mass is 272 g/mol. The molecule has 0 atom stereocenters. The Morgan fingerprint density at radius 1 is 1.40 bits per heavy atom. The standard InChI is InChI=1S/C16H20N2O2/c1-13(2)18(10-3-11-19)16(20)9-8-14-4-6-15(12-17)7-5-14/h4-9,13,19H,3,10-11H2,1-2H3/b9-8+. The molecule has 4 heteroatoms. The third-order valence-corrected chi connectivity index (χ3v) is 2.92. The first-order valence-electron chi connectivity index (χ1n) is 6.68. The van der Waals surface area contributed by atoms with Crippen LogP contribution < -0.4 is 0 Å². The number of aliphatic hydroxyl groups excluding tert-OH is 1. The van der Waals surface area contributed by atoms with Crippen LogP contribution in [0.1, 0.15) is 31.4 Å². The van der Waals surface area contributed by atoms with Crippen LogP contribution in [-0.4, -0.2) is 35.1 Å². The summed E-state index contributed by atoms with van der Waals surface area (Å²) in [5.74, 6) is -0.0715. The highest BCUT2D eigenvalue weighted by Gasteiger charge is 2.13. The molecule has 0 aliphatic heterocycles. The predicted molar refractivity (Wildman–Crippen MR) is 78.7 cm³/mol. The molecular weight excluding hydrogens is 252 g/mol. The molecular formula is C16H20N2O2. The summed E-state index contributed by atoms with van der Waals surface area (Å²) < 4.78 is 0. The summed E-state index contributed by atoms with van der Waals surface area (Å²) >= 11 is 0. The first kappa shape index (κ1) is 15.9. The second kappa shape index (κ2) is 8.13. The van der Waals surface area contributed by atoms with E-state index < -0.39 is 0 Å². The van der Waals surface area contributed by atoms with Crippen molar-refractivity contribution in [1.82, 2.24) is 4.90 Å². The van der Waals surface area contributed by atoms with E-state index in [4.69, 9.17) is 10.4 Å². The third kappa shape index (κ3) is 4.87. The zero-order valence-corrected chi connectivity index (χ0v) is 11.9. The normalized spacial score (nSPS) is 10.8. The van der Waals surface area contributed by atoms with Gasteiger partial charge in [-0.2, -0.15) is 5.26 Å². The Hall–Kier alpha value is -2.12. The summed E-state index contributed by atoms with van der Waals surface area (Å²) in [4.78, 5) is 13.8. The molecule has 0 saturated carbocycles. The van der Waals surface area contributed by atoms with E-state index in [0.717, 1.165) is 5.56 Å². The average molecular weight is 272 g/mol. The van der Waals surface area contributed by atoms with Crippen molar-refractivity contribution >= 4 is 12.0 Å². The quantitative estimate of drug-likeness (QED) is 0.807. The van der Waals surface area contributed by atoms with Crippen LogP contribution in [0.5, 0.6) is 0 Å². The van der Waals surface area contributed by atoms with Crippen molar-refractivity contribution in [2.75, 3.05) is 13.2 Å². The Labute approximate surface area is 119 Å². The maximum atomic E-state index is 12.1. The van der Waals surface area contributed by atoms with E-state index in [1.807, 2.05) is 13.8 Å². The van der Waals surface area contributed by atoms with E-state index in [-0.39, 0.29) is 18.6 Å². The summed E-state index contributed by atoms with van der Waals surface area (Å²) in [6, 6.07) is 9.19. The van der Waals surface area contributed by atoms with E-state index >= 15 is 0 Å². The molecule has 0 radical (unpaired) electrons. The second-order valence-corrected chi connectivity index (χ2v) is 4.77. The van der Waals surface area contributed by atoms with Crippen LogP contribution in [0.15, 0.2) is 30.3 Å². The summed E-state index contributed by atoms with van der Waals surface area (Å²) in [7, 11) is 0. The molecule has 106 valence electrons. The molecule has 4 nitrogen and oxygen atoms in total. The number of amides is 1. The maximum absolute atomic E-state index is 12.1. The highest BCUT2D eigenvalue weighted by molar-refractivity contribution is 5.92. The van der Waals surface area contributed by atoms with Gasteiger partial charge >= 0.3 is 0 Å². The van der Waals surface area contributed by atoms with Crippen LogP contribution in [0, 0.1) is 11.3 Å². The molecule has 1 aromatic rings. The number of aliphatic hydroxyl groups is 1. The van der Waals surface area contributed by atoms with Crippen molar-refractivity contribution in [3.63, 3.8) is 0 Å². The molecule has 20 heavy (non-hydrogen) atoms. The number of benzene rings is 1. The topological polar surface area (TPSA) is 64.3 Å². The minimum Gasteiger partial charge on any atom is -0.396 e. The molecule has 1 aromatic carbocycles. The van der Waals surface area contributed by atoms with E-state index in [2.05, 4.69) is 6.07 Å². The number of rotatable bonds is 6. The van der Waals surface area contributed by atoms with Gasteiger partial charge in [0.05, 0.1) is 11.6 Å². The SMILES string of the molecule is CC(C)N(CCCO)C(=O)/C=C/c1ccc(C#N)cc1. The molecule has 0 saturated heterocycles. The lowest BCUT2D eigenvalue weighted by Crippen LogP contribution is -2.36. The van der Waals surface area contributed by atoms with Crippen LogP contribution in [-0.2, 0) is 4.79 Å². The van der Waals surface area contributed by atoms with Crippen LogP contribution in [0.25, 0.3) is 6.08 Å². The molecule has 0 unspecified atom stereocenters. The lowest BCUT2D eigenvalue weighted by molar-refractivity contribution is -0.127. The van der Waals surface area contributed by atoms with Gasteiger partial charge in [0.1, 0.15) is 0 Å². The lowest BCUT2D eigenvalue weighted by atomic mass is 10.1. The van der Waals surface area contributed by atoms with Crippen LogP contribution in [0.3, 0.4) is 0 Å². The van der Waals surface area contributed by atoms with Gasteiger partial charge in [0.25, 0.3) is 0 Å². The Bertz CT molecular complexity index is 498. The number of nitrogens with zero attached hydrogens (tertiary/aromatic N) is 2. The van der Waals surface area contributed by atoms with Crippen molar-refractivity contribution in [1.29, 1.82) is 5.26 Å². The van der Waals surface area contributed by atoms with E-state index in [9.17, 15) is 4.79 Å². The minimum atomic E-state index is -0.0715. The molecule has 1 amide bonds. The zero-order chi connectivity index (χ0) is 15.0. The van der Waals surface area contributed by atoms with Gasteiger partial charge in [0.15, 0.2) is 0 Å². The van der Waals surface area contributed by atoms with Gasteiger partial charge in [-0.25, -0.2) is 0 Å². The fraction of sp³-hybridized carbons (Fsp3) is 0.375. The number of hydrogen-bond donors (Lipinski definition) is 1. The van der Waals surface area contributed by atoms with Crippen molar-refractivity contribution < 1.29 is 9.90 Å². The van der Waals surface area contributed by atoms with Crippen molar-refractivity contribution in [3.05, 3.63) is 41.5 Å². The van der Waals surface area contributed by atoms with Crippen LogP contribution >= 0.6 is 0 Å². The van der Waals surface area contributed by atoms with E-state index in [1.165, 1.54) is 6.08 Å². The number of carbonyl (C=O) groups excluding carboxylic acids is 1. The smallest absolute Gasteiger partial charge is 0.246 e. The van der Waals surface area contributed by atoms with Crippen molar-refractivity contribution in [2.45, 2.75) is 26.3 Å². The summed E-state index contributed by atoms with van der Waals surface area (Å²) in [5.41, 5.74) is 1.48.